The van der Waals surface area contributed by atoms with E-state index in [4.69, 9.17) is 11.2 Å². The van der Waals surface area contributed by atoms with Crippen LogP contribution in [0.3, 0.4) is 0 Å². The van der Waals surface area contributed by atoms with Gasteiger partial charge in [0.05, 0.1) is 0 Å². The number of rotatable bonds is 10. The number of carbonyl (C=O) groups is 2. The maximum absolute atomic E-state index is 13.0. The van der Waals surface area contributed by atoms with Crippen LogP contribution in [-0.4, -0.2) is 17.4 Å². The molecule has 0 amide bonds. The van der Waals surface area contributed by atoms with Crippen LogP contribution < -0.4 is 0 Å². The van der Waals surface area contributed by atoms with Crippen LogP contribution in [0.15, 0.2) is 11.6 Å². The molecular weight excluding hydrogens is 420 g/mol. The van der Waals surface area contributed by atoms with Gasteiger partial charge in [-0.25, -0.2) is 0 Å². The molecule has 4 aliphatic rings. The van der Waals surface area contributed by atoms with Gasteiger partial charge in [-0.05, 0) is 87.5 Å². The Morgan fingerprint density at radius 1 is 1.00 bits per heavy atom. The van der Waals surface area contributed by atoms with Crippen LogP contribution in [-0.2, 0) is 14.3 Å². The Hall–Kier alpha value is -1.56. The highest BCUT2D eigenvalue weighted by atomic mass is 16.6. The highest BCUT2D eigenvalue weighted by Crippen LogP contribution is 2.67. The normalized spacial score (nSPS) is 36.6. The van der Waals surface area contributed by atoms with Crippen molar-refractivity contribution in [2.24, 2.45) is 29.1 Å². The summed E-state index contributed by atoms with van der Waals surface area (Å²) < 4.78 is 6.33. The Labute approximate surface area is 207 Å². The number of hydrogen-bond acceptors (Lipinski definition) is 3. The van der Waals surface area contributed by atoms with Crippen molar-refractivity contribution in [3.05, 3.63) is 11.6 Å². The quantitative estimate of drug-likeness (QED) is 0.189. The summed E-state index contributed by atoms with van der Waals surface area (Å²) in [5, 5.41) is 0. The van der Waals surface area contributed by atoms with Gasteiger partial charge in [-0.15, -0.1) is 6.42 Å². The van der Waals surface area contributed by atoms with Gasteiger partial charge in [0.2, 0.25) is 0 Å². The highest BCUT2D eigenvalue weighted by molar-refractivity contribution is 5.91. The number of unbranched alkanes of at least 4 members (excludes halogenated alkanes) is 6. The predicted octanol–water partition coefficient (Wildman–Crippen LogP) is 7.57. The lowest BCUT2D eigenvalue weighted by Crippen LogP contribution is -2.55. The molecule has 0 spiro atoms. The lowest BCUT2D eigenvalue weighted by atomic mass is 9.49. The summed E-state index contributed by atoms with van der Waals surface area (Å²) in [6.07, 6.45) is 26.1. The summed E-state index contributed by atoms with van der Waals surface area (Å²) in [7, 11) is 0. The third-order valence-electron chi connectivity index (χ3n) is 10.3. The van der Waals surface area contributed by atoms with E-state index >= 15 is 0 Å². The van der Waals surface area contributed by atoms with E-state index in [2.05, 4.69) is 19.8 Å². The lowest BCUT2D eigenvalue weighted by molar-refractivity contribution is -0.173. The molecule has 3 heteroatoms. The van der Waals surface area contributed by atoms with Crippen molar-refractivity contribution in [2.75, 3.05) is 0 Å². The van der Waals surface area contributed by atoms with E-state index in [-0.39, 0.29) is 11.4 Å². The van der Waals surface area contributed by atoms with Gasteiger partial charge >= 0.3 is 5.97 Å². The second-order valence-electron chi connectivity index (χ2n) is 11.7. The van der Waals surface area contributed by atoms with E-state index in [1.54, 1.807) is 0 Å². The number of fused-ring (bicyclic) bond motifs is 5. The number of ether oxygens (including phenoxy) is 1. The molecule has 34 heavy (non-hydrogen) atoms. The number of esters is 1. The smallest absolute Gasteiger partial charge is 0.307 e. The van der Waals surface area contributed by atoms with Crippen LogP contribution in [0.4, 0.5) is 0 Å². The van der Waals surface area contributed by atoms with Crippen molar-refractivity contribution in [3.63, 3.8) is 0 Å². The van der Waals surface area contributed by atoms with Crippen LogP contribution in [0.5, 0.6) is 0 Å². The van der Waals surface area contributed by atoms with E-state index in [0.717, 1.165) is 57.8 Å². The molecule has 3 nitrogen and oxygen atoms in total. The van der Waals surface area contributed by atoms with Crippen molar-refractivity contribution in [1.82, 2.24) is 0 Å². The zero-order valence-electron chi connectivity index (χ0n) is 21.7. The van der Waals surface area contributed by atoms with Crippen LogP contribution in [0.1, 0.15) is 123 Å². The van der Waals surface area contributed by atoms with E-state index in [1.165, 1.54) is 44.1 Å². The fourth-order valence-electron chi connectivity index (χ4n) is 8.59. The second-order valence-corrected chi connectivity index (χ2v) is 11.7. The lowest BCUT2D eigenvalue weighted by Gasteiger charge is -2.56. The molecule has 0 heterocycles. The van der Waals surface area contributed by atoms with Crippen LogP contribution >= 0.6 is 0 Å². The van der Waals surface area contributed by atoms with Crippen molar-refractivity contribution in [3.8, 4) is 12.3 Å². The number of hydrogen-bond donors (Lipinski definition) is 0. The fraction of sp³-hybridized carbons (Fsp3) is 0.806. The number of allylic oxidation sites excluding steroid dienone is 1. The summed E-state index contributed by atoms with van der Waals surface area (Å²) in [5.74, 6) is 5.78. The summed E-state index contributed by atoms with van der Waals surface area (Å²) in [5.41, 5.74) is 0.613. The van der Waals surface area contributed by atoms with Crippen molar-refractivity contribution >= 4 is 11.8 Å². The Kier molecular flexibility index (Phi) is 8.27. The molecule has 4 aliphatic carbocycles. The third-order valence-corrected chi connectivity index (χ3v) is 10.3. The van der Waals surface area contributed by atoms with E-state index in [1.807, 2.05) is 6.08 Å². The molecule has 6 atom stereocenters. The summed E-state index contributed by atoms with van der Waals surface area (Å²) in [6.45, 7) is 4.50. The summed E-state index contributed by atoms with van der Waals surface area (Å²) >= 11 is 0. The fourth-order valence-corrected chi connectivity index (χ4v) is 8.59. The van der Waals surface area contributed by atoms with E-state index in [0.29, 0.717) is 42.3 Å². The number of ketones is 1. The first-order chi connectivity index (χ1) is 16.5. The maximum atomic E-state index is 13.0. The first kappa shape index (κ1) is 25.5. The Morgan fingerprint density at radius 2 is 1.76 bits per heavy atom. The van der Waals surface area contributed by atoms with Gasteiger partial charge in [-0.2, -0.15) is 0 Å². The van der Waals surface area contributed by atoms with Crippen LogP contribution in [0, 0.1) is 41.4 Å². The molecule has 0 aromatic carbocycles. The third kappa shape index (κ3) is 4.64. The highest BCUT2D eigenvalue weighted by Gasteiger charge is 2.65. The molecule has 0 bridgehead atoms. The molecular formula is C31H46O3. The van der Waals surface area contributed by atoms with Gasteiger partial charge in [-0.1, -0.05) is 63.9 Å². The molecule has 188 valence electrons. The number of carbonyl (C=O) groups excluding carboxylic acids is 2. The molecule has 0 aromatic rings. The SMILES string of the molecule is C#C[C@]1(OC(=O)CCCCCCCCC)CC[C@H]2[C@@H]3CCC4=CC(=O)CC[C@@H]4[C@H]3CC[C@@]21CC. The molecule has 0 N–H and O–H groups in total. The molecule has 4 rings (SSSR count). The largest absolute Gasteiger partial charge is 0.445 e. The average Bonchev–Trinajstić information content (AvgIpc) is 3.17. The first-order valence-electron chi connectivity index (χ1n) is 14.4. The topological polar surface area (TPSA) is 43.4 Å². The van der Waals surface area contributed by atoms with Gasteiger partial charge in [0.1, 0.15) is 0 Å². The average molecular weight is 467 g/mol. The van der Waals surface area contributed by atoms with E-state index in [9.17, 15) is 9.59 Å². The maximum Gasteiger partial charge on any atom is 0.307 e. The predicted molar refractivity (Wildman–Crippen MR) is 137 cm³/mol. The molecule has 0 aliphatic heterocycles. The molecule has 0 saturated heterocycles. The first-order valence-corrected chi connectivity index (χ1v) is 14.4. The van der Waals surface area contributed by atoms with Gasteiger partial charge in [0, 0.05) is 18.3 Å². The monoisotopic (exact) mass is 466 g/mol. The van der Waals surface area contributed by atoms with Gasteiger partial charge in [-0.3, -0.25) is 9.59 Å². The second kappa shape index (κ2) is 11.0. The minimum Gasteiger partial charge on any atom is -0.445 e. The molecule has 0 aromatic heterocycles. The number of terminal acetylenes is 1. The van der Waals surface area contributed by atoms with Crippen molar-refractivity contribution in [2.45, 2.75) is 129 Å². The van der Waals surface area contributed by atoms with E-state index < -0.39 is 5.60 Å². The summed E-state index contributed by atoms with van der Waals surface area (Å²) in [6, 6.07) is 0. The van der Waals surface area contributed by atoms with Crippen molar-refractivity contribution < 1.29 is 14.3 Å². The minimum absolute atomic E-state index is 0.0789. The van der Waals surface area contributed by atoms with Gasteiger partial charge < -0.3 is 4.74 Å². The minimum atomic E-state index is -0.728. The zero-order valence-corrected chi connectivity index (χ0v) is 21.7. The standard InChI is InChI=1S/C31H46O3/c1-4-7-8-9-10-11-12-13-29(33)34-31(6-3)21-19-28-27-16-14-23-22-24(32)15-17-25(23)26(27)18-20-30(28,31)5-2/h3,22,25-28H,4-5,7-21H2,1-2H3/t25-,26+,27+,28-,30-,31-/m0/s1. The Morgan fingerprint density at radius 3 is 2.50 bits per heavy atom. The molecule has 3 saturated carbocycles. The zero-order chi connectivity index (χ0) is 24.2. The van der Waals surface area contributed by atoms with Crippen molar-refractivity contribution in [1.29, 1.82) is 0 Å². The van der Waals surface area contributed by atoms with Gasteiger partial charge in [0.25, 0.3) is 0 Å². The summed E-state index contributed by atoms with van der Waals surface area (Å²) in [4.78, 5) is 25.0. The van der Waals surface area contributed by atoms with Crippen LogP contribution in [0.2, 0.25) is 0 Å². The molecule has 0 radical (unpaired) electrons. The molecule has 3 fully saturated rings. The Balaban J connectivity index is 1.41. The molecule has 0 unspecified atom stereocenters. The van der Waals surface area contributed by atoms with Crippen LogP contribution in [0.25, 0.3) is 0 Å². The Bertz CT molecular complexity index is 819. The van der Waals surface area contributed by atoms with Gasteiger partial charge in [0.15, 0.2) is 11.4 Å².